The standard InChI is InChI=1S/C19H17ClN2O3/c1-11(18(21)23)25-19(24)14-4-2-13(3-5-14)17-16-10-15(20)7-6-12(16)8-9-22-17/h2-7,10-11H,8-9H2,1H3,(H2,21,23). The highest BCUT2D eigenvalue weighted by atomic mass is 35.5. The number of primary amides is 1. The molecule has 0 radical (unpaired) electrons. The van der Waals surface area contributed by atoms with Crippen molar-refractivity contribution in [1.29, 1.82) is 0 Å². The molecule has 1 atom stereocenters. The van der Waals surface area contributed by atoms with E-state index in [1.165, 1.54) is 12.5 Å². The third-order valence-corrected chi connectivity index (χ3v) is 4.29. The summed E-state index contributed by atoms with van der Waals surface area (Å²) in [4.78, 5) is 27.6. The number of hydrogen-bond donors (Lipinski definition) is 1. The molecule has 25 heavy (non-hydrogen) atoms. The van der Waals surface area contributed by atoms with Crippen LogP contribution in [0.15, 0.2) is 47.5 Å². The Balaban J connectivity index is 1.84. The van der Waals surface area contributed by atoms with Crippen LogP contribution in [0.3, 0.4) is 0 Å². The zero-order valence-corrected chi connectivity index (χ0v) is 14.4. The summed E-state index contributed by atoms with van der Waals surface area (Å²) in [5, 5.41) is 0.661. The van der Waals surface area contributed by atoms with Gasteiger partial charge in [-0.2, -0.15) is 0 Å². The van der Waals surface area contributed by atoms with Crippen molar-refractivity contribution < 1.29 is 14.3 Å². The molecule has 1 unspecified atom stereocenters. The molecule has 6 heteroatoms. The Labute approximate surface area is 150 Å². The molecule has 0 aliphatic carbocycles. The van der Waals surface area contributed by atoms with Gasteiger partial charge in [0.2, 0.25) is 0 Å². The monoisotopic (exact) mass is 356 g/mol. The van der Waals surface area contributed by atoms with Gasteiger partial charge >= 0.3 is 5.97 Å². The van der Waals surface area contributed by atoms with Crippen LogP contribution in [0.25, 0.3) is 0 Å². The first-order chi connectivity index (χ1) is 12.0. The lowest BCUT2D eigenvalue weighted by molar-refractivity contribution is -0.125. The average Bonchev–Trinajstić information content (AvgIpc) is 2.61. The van der Waals surface area contributed by atoms with E-state index in [1.807, 2.05) is 18.2 Å². The Morgan fingerprint density at radius 3 is 2.60 bits per heavy atom. The lowest BCUT2D eigenvalue weighted by atomic mass is 9.93. The molecule has 2 aromatic rings. The number of carbonyl (C=O) groups is 2. The lowest BCUT2D eigenvalue weighted by Crippen LogP contribution is -2.30. The fourth-order valence-corrected chi connectivity index (χ4v) is 2.83. The second-order valence-corrected chi connectivity index (χ2v) is 6.25. The van der Waals surface area contributed by atoms with Gasteiger partial charge in [0.25, 0.3) is 5.91 Å². The largest absolute Gasteiger partial charge is 0.449 e. The van der Waals surface area contributed by atoms with E-state index in [1.54, 1.807) is 24.3 Å². The molecule has 5 nitrogen and oxygen atoms in total. The first-order valence-corrected chi connectivity index (χ1v) is 8.27. The Bertz CT molecular complexity index is 859. The number of carbonyl (C=O) groups excluding carboxylic acids is 2. The number of hydrogen-bond acceptors (Lipinski definition) is 4. The lowest BCUT2D eigenvalue weighted by Gasteiger charge is -2.17. The Morgan fingerprint density at radius 1 is 1.20 bits per heavy atom. The van der Waals surface area contributed by atoms with E-state index in [0.29, 0.717) is 17.1 Å². The van der Waals surface area contributed by atoms with Crippen LogP contribution < -0.4 is 5.73 Å². The maximum atomic E-state index is 12.0. The molecular formula is C19H17ClN2O3. The number of nitrogens with zero attached hydrogens (tertiary/aromatic N) is 1. The number of nitrogens with two attached hydrogens (primary N) is 1. The van der Waals surface area contributed by atoms with Crippen molar-refractivity contribution in [3.05, 3.63) is 69.7 Å². The van der Waals surface area contributed by atoms with Gasteiger partial charge in [0.1, 0.15) is 0 Å². The molecule has 0 saturated carbocycles. The van der Waals surface area contributed by atoms with Gasteiger partial charge in [0, 0.05) is 22.7 Å². The van der Waals surface area contributed by atoms with E-state index in [2.05, 4.69) is 4.99 Å². The van der Waals surface area contributed by atoms with Gasteiger partial charge in [0.05, 0.1) is 11.3 Å². The van der Waals surface area contributed by atoms with Crippen LogP contribution >= 0.6 is 11.6 Å². The molecule has 2 N–H and O–H groups in total. The van der Waals surface area contributed by atoms with Gasteiger partial charge in [-0.3, -0.25) is 9.79 Å². The van der Waals surface area contributed by atoms with Crippen molar-refractivity contribution in [3.8, 4) is 0 Å². The summed E-state index contributed by atoms with van der Waals surface area (Å²) < 4.78 is 4.99. The smallest absolute Gasteiger partial charge is 0.338 e. The third-order valence-electron chi connectivity index (χ3n) is 4.06. The van der Waals surface area contributed by atoms with Crippen LogP contribution in [0.4, 0.5) is 0 Å². The van der Waals surface area contributed by atoms with Gasteiger partial charge in [-0.15, -0.1) is 0 Å². The molecule has 1 aliphatic heterocycles. The van der Waals surface area contributed by atoms with E-state index in [-0.39, 0.29) is 0 Å². The molecule has 1 aliphatic rings. The van der Waals surface area contributed by atoms with Crippen LogP contribution in [0, 0.1) is 0 Å². The fraction of sp³-hybridized carbons (Fsp3) is 0.211. The molecule has 0 spiro atoms. The van der Waals surface area contributed by atoms with Crippen molar-refractivity contribution in [3.63, 3.8) is 0 Å². The number of esters is 1. The number of rotatable bonds is 4. The third kappa shape index (κ3) is 3.72. The number of benzene rings is 2. The number of fused-ring (bicyclic) bond motifs is 1. The van der Waals surface area contributed by atoms with E-state index in [0.717, 1.165) is 23.3 Å². The summed E-state index contributed by atoms with van der Waals surface area (Å²) in [6.45, 7) is 2.15. The predicted molar refractivity (Wildman–Crippen MR) is 96.2 cm³/mol. The Morgan fingerprint density at radius 2 is 1.92 bits per heavy atom. The molecule has 3 rings (SSSR count). The first-order valence-electron chi connectivity index (χ1n) is 7.89. The zero-order chi connectivity index (χ0) is 18.0. The molecule has 0 saturated heterocycles. The quantitative estimate of drug-likeness (QED) is 0.855. The molecule has 0 fully saturated rings. The topological polar surface area (TPSA) is 81.8 Å². The SMILES string of the molecule is CC(OC(=O)c1ccc(C2=NCCc3ccc(Cl)cc32)cc1)C(N)=O. The fourth-order valence-electron chi connectivity index (χ4n) is 2.66. The van der Waals surface area contributed by atoms with E-state index >= 15 is 0 Å². The van der Waals surface area contributed by atoms with Crippen LogP contribution in [-0.2, 0) is 16.0 Å². The number of amides is 1. The van der Waals surface area contributed by atoms with E-state index in [9.17, 15) is 9.59 Å². The molecule has 0 bridgehead atoms. The maximum absolute atomic E-state index is 12.0. The predicted octanol–water partition coefficient (Wildman–Crippen LogP) is 2.76. The molecule has 128 valence electrons. The van der Waals surface area contributed by atoms with Crippen LogP contribution in [-0.4, -0.2) is 30.2 Å². The van der Waals surface area contributed by atoms with E-state index < -0.39 is 18.0 Å². The Kier molecular flexibility index (Phi) is 4.86. The second kappa shape index (κ2) is 7.07. The van der Waals surface area contributed by atoms with Crippen molar-refractivity contribution in [1.82, 2.24) is 0 Å². The van der Waals surface area contributed by atoms with Crippen LogP contribution in [0.1, 0.15) is 34.0 Å². The average molecular weight is 357 g/mol. The van der Waals surface area contributed by atoms with Gasteiger partial charge < -0.3 is 10.5 Å². The normalized spacial score (nSPS) is 14.2. The molecule has 2 aromatic carbocycles. The number of halogens is 1. The molecule has 0 aromatic heterocycles. The number of aliphatic imine (C=N–C) groups is 1. The minimum atomic E-state index is -0.969. The van der Waals surface area contributed by atoms with Crippen molar-refractivity contribution in [2.24, 2.45) is 10.7 Å². The van der Waals surface area contributed by atoms with Crippen molar-refractivity contribution in [2.75, 3.05) is 6.54 Å². The highest BCUT2D eigenvalue weighted by molar-refractivity contribution is 6.31. The maximum Gasteiger partial charge on any atom is 0.338 e. The van der Waals surface area contributed by atoms with Crippen molar-refractivity contribution >= 4 is 29.2 Å². The highest BCUT2D eigenvalue weighted by Crippen LogP contribution is 2.24. The first kappa shape index (κ1) is 17.2. The summed E-state index contributed by atoms with van der Waals surface area (Å²) in [6.07, 6.45) is -0.0882. The molecular weight excluding hydrogens is 340 g/mol. The Hall–Kier alpha value is -2.66. The summed E-state index contributed by atoms with van der Waals surface area (Å²) in [5.41, 5.74) is 9.41. The highest BCUT2D eigenvalue weighted by Gasteiger charge is 2.18. The summed E-state index contributed by atoms with van der Waals surface area (Å²) >= 11 is 6.12. The zero-order valence-electron chi connectivity index (χ0n) is 13.7. The minimum absolute atomic E-state index is 0.347. The van der Waals surface area contributed by atoms with Gasteiger partial charge in [0.15, 0.2) is 6.10 Å². The van der Waals surface area contributed by atoms with Gasteiger partial charge in [-0.1, -0.05) is 29.8 Å². The minimum Gasteiger partial charge on any atom is -0.449 e. The van der Waals surface area contributed by atoms with Gasteiger partial charge in [-0.05, 0) is 43.2 Å². The summed E-state index contributed by atoms with van der Waals surface area (Å²) in [7, 11) is 0. The second-order valence-electron chi connectivity index (χ2n) is 5.81. The van der Waals surface area contributed by atoms with Crippen molar-refractivity contribution in [2.45, 2.75) is 19.4 Å². The molecule has 1 amide bonds. The number of ether oxygens (including phenoxy) is 1. The molecule has 1 heterocycles. The van der Waals surface area contributed by atoms with Crippen LogP contribution in [0.2, 0.25) is 5.02 Å². The van der Waals surface area contributed by atoms with Crippen LogP contribution in [0.5, 0.6) is 0 Å². The van der Waals surface area contributed by atoms with Gasteiger partial charge in [-0.25, -0.2) is 4.79 Å². The summed E-state index contributed by atoms with van der Waals surface area (Å²) in [6, 6.07) is 12.7. The van der Waals surface area contributed by atoms with E-state index in [4.69, 9.17) is 22.1 Å². The summed E-state index contributed by atoms with van der Waals surface area (Å²) in [5.74, 6) is -1.28.